The lowest BCUT2D eigenvalue weighted by molar-refractivity contribution is 0.137. The van der Waals surface area contributed by atoms with E-state index >= 15 is 0 Å². The second kappa shape index (κ2) is 5.13. The molecule has 1 aliphatic rings. The lowest BCUT2D eigenvalue weighted by Gasteiger charge is -2.06. The quantitative estimate of drug-likeness (QED) is 0.743. The first-order valence-corrected chi connectivity index (χ1v) is 5.21. The van der Waals surface area contributed by atoms with Gasteiger partial charge in [0, 0.05) is 11.8 Å². The highest BCUT2D eigenvalue weighted by atomic mass is 16.6. The summed E-state index contributed by atoms with van der Waals surface area (Å²) in [5.41, 5.74) is 3.43. The molecule has 6 nitrogen and oxygen atoms in total. The van der Waals surface area contributed by atoms with E-state index in [-0.39, 0.29) is 0 Å². The van der Waals surface area contributed by atoms with E-state index in [4.69, 9.17) is 15.0 Å². The zero-order chi connectivity index (χ0) is 13.0. The van der Waals surface area contributed by atoms with Crippen molar-refractivity contribution in [3.05, 3.63) is 48.0 Å². The zero-order valence-electron chi connectivity index (χ0n) is 9.39. The Kier molecular flexibility index (Phi) is 3.38. The Balaban J connectivity index is 0.000000267. The van der Waals surface area contributed by atoms with Crippen LogP contribution in [0.4, 0.5) is 4.79 Å². The average Bonchev–Trinajstić information content (AvgIpc) is 2.71. The second-order valence-corrected chi connectivity index (χ2v) is 3.57. The predicted molar refractivity (Wildman–Crippen MR) is 65.5 cm³/mol. The minimum absolute atomic E-state index is 0.703. The summed E-state index contributed by atoms with van der Waals surface area (Å²) >= 11 is 0. The molecule has 0 bridgehead atoms. The summed E-state index contributed by atoms with van der Waals surface area (Å²) in [5, 5.41) is 13.9. The monoisotopic (exact) mass is 245 g/mol. The van der Waals surface area contributed by atoms with Gasteiger partial charge in [0.15, 0.2) is 0 Å². The molecule has 0 unspecified atom stereocenters. The molecule has 0 saturated carbocycles. The molecule has 2 aromatic rings. The number of fused-ring (bicyclic) bond motifs is 3. The summed E-state index contributed by atoms with van der Waals surface area (Å²) in [6.45, 7) is 0.703. The fraction of sp³-hybridized carbons (Fsp3) is 0.0833. The Bertz CT molecular complexity index is 586. The van der Waals surface area contributed by atoms with Crippen molar-refractivity contribution < 1.29 is 15.0 Å². The number of hydrogen-bond acceptors (Lipinski definition) is 3. The van der Waals surface area contributed by atoms with Crippen LogP contribution in [-0.4, -0.2) is 32.1 Å². The van der Waals surface area contributed by atoms with Crippen LogP contribution in [0.5, 0.6) is 0 Å². The third-order valence-corrected chi connectivity index (χ3v) is 2.40. The van der Waals surface area contributed by atoms with Crippen LogP contribution in [0.15, 0.2) is 41.8 Å². The van der Waals surface area contributed by atoms with Crippen molar-refractivity contribution in [2.75, 3.05) is 0 Å². The molecule has 0 saturated heterocycles. The number of para-hydroxylation sites is 1. The van der Waals surface area contributed by atoms with Crippen molar-refractivity contribution in [3.8, 4) is 5.69 Å². The predicted octanol–water partition coefficient (Wildman–Crippen LogP) is 2.03. The van der Waals surface area contributed by atoms with Crippen LogP contribution in [0.25, 0.3) is 5.69 Å². The van der Waals surface area contributed by atoms with Crippen LogP contribution >= 0.6 is 0 Å². The number of aromatic nitrogens is 2. The molecule has 1 aromatic heterocycles. The second-order valence-electron chi connectivity index (χ2n) is 3.57. The molecule has 0 atom stereocenters. The maximum absolute atomic E-state index is 8.56. The molecule has 0 amide bonds. The highest BCUT2D eigenvalue weighted by Gasteiger charge is 2.09. The fourth-order valence-electron chi connectivity index (χ4n) is 1.71. The van der Waals surface area contributed by atoms with Crippen LogP contribution in [0, 0.1) is 0 Å². The number of nitrogens with zero attached hydrogens (tertiary/aromatic N) is 3. The number of aliphatic imine (C=N–C) groups is 1. The van der Waals surface area contributed by atoms with Crippen LogP contribution in [0.2, 0.25) is 0 Å². The van der Waals surface area contributed by atoms with Crippen molar-refractivity contribution >= 4 is 12.4 Å². The van der Waals surface area contributed by atoms with E-state index in [0.29, 0.717) is 6.54 Å². The molecule has 0 spiro atoms. The Morgan fingerprint density at radius 3 is 2.78 bits per heavy atom. The minimum Gasteiger partial charge on any atom is -0.450 e. The molecule has 1 aromatic carbocycles. The van der Waals surface area contributed by atoms with Gasteiger partial charge < -0.3 is 14.8 Å². The smallest absolute Gasteiger partial charge is 0.450 e. The fourth-order valence-corrected chi connectivity index (χ4v) is 1.71. The Morgan fingerprint density at radius 2 is 2.00 bits per heavy atom. The van der Waals surface area contributed by atoms with Crippen molar-refractivity contribution in [2.45, 2.75) is 6.54 Å². The van der Waals surface area contributed by atoms with Gasteiger partial charge in [-0.05, 0) is 6.07 Å². The van der Waals surface area contributed by atoms with Gasteiger partial charge in [-0.25, -0.2) is 9.78 Å². The summed E-state index contributed by atoms with van der Waals surface area (Å²) in [6, 6.07) is 8.19. The highest BCUT2D eigenvalue weighted by Crippen LogP contribution is 2.18. The molecule has 6 heteroatoms. The van der Waals surface area contributed by atoms with Crippen LogP contribution in [0.3, 0.4) is 0 Å². The molecule has 92 valence electrons. The molecule has 3 rings (SSSR count). The molecular weight excluding hydrogens is 234 g/mol. The van der Waals surface area contributed by atoms with Crippen molar-refractivity contribution in [2.24, 2.45) is 4.99 Å². The van der Waals surface area contributed by atoms with Gasteiger partial charge in [0.25, 0.3) is 0 Å². The largest absolute Gasteiger partial charge is 0.503 e. The number of hydrogen-bond donors (Lipinski definition) is 2. The topological polar surface area (TPSA) is 87.7 Å². The van der Waals surface area contributed by atoms with Gasteiger partial charge in [-0.2, -0.15) is 0 Å². The highest BCUT2D eigenvalue weighted by molar-refractivity contribution is 5.85. The number of carbonyl (C=O) groups is 1. The first kappa shape index (κ1) is 11.8. The average molecular weight is 245 g/mol. The maximum Gasteiger partial charge on any atom is 0.503 e. The van der Waals surface area contributed by atoms with Gasteiger partial charge in [0.05, 0.1) is 30.5 Å². The van der Waals surface area contributed by atoms with Crippen molar-refractivity contribution in [1.29, 1.82) is 0 Å². The Hall–Kier alpha value is -2.63. The van der Waals surface area contributed by atoms with Crippen molar-refractivity contribution in [1.82, 2.24) is 9.55 Å². The number of rotatable bonds is 0. The number of benzene rings is 1. The van der Waals surface area contributed by atoms with Crippen LogP contribution < -0.4 is 0 Å². The standard InChI is InChI=1S/C11H9N3.CH2O3/c1-2-4-11-9(3-1)5-12-6-10-7-13-8-14(10)11;2-1(3)4/h1-5,7-8H,6H2;(H2,2,3,4). The van der Waals surface area contributed by atoms with Gasteiger partial charge in [0.1, 0.15) is 0 Å². The van der Waals surface area contributed by atoms with Crippen LogP contribution in [-0.2, 0) is 6.54 Å². The Morgan fingerprint density at radius 1 is 1.28 bits per heavy atom. The molecule has 2 heterocycles. The maximum atomic E-state index is 8.56. The molecule has 18 heavy (non-hydrogen) atoms. The lowest BCUT2D eigenvalue weighted by atomic mass is 10.2. The summed E-state index contributed by atoms with van der Waals surface area (Å²) in [5.74, 6) is 0. The van der Waals surface area contributed by atoms with E-state index in [1.54, 1.807) is 0 Å². The van der Waals surface area contributed by atoms with E-state index in [1.807, 2.05) is 30.9 Å². The molecule has 0 aliphatic carbocycles. The number of imidazole rings is 1. The number of carboxylic acid groups (broad SMARTS) is 2. The van der Waals surface area contributed by atoms with Gasteiger partial charge in [-0.3, -0.25) is 4.99 Å². The van der Waals surface area contributed by atoms with Gasteiger partial charge in [-0.15, -0.1) is 0 Å². The summed E-state index contributed by atoms with van der Waals surface area (Å²) < 4.78 is 2.09. The molecular formula is C12H11N3O3. The lowest BCUT2D eigenvalue weighted by Crippen LogP contribution is -1.98. The zero-order valence-corrected chi connectivity index (χ0v) is 9.39. The minimum atomic E-state index is -1.83. The summed E-state index contributed by atoms with van der Waals surface area (Å²) in [6.07, 6.45) is 3.78. The molecule has 0 radical (unpaired) electrons. The van der Waals surface area contributed by atoms with Gasteiger partial charge >= 0.3 is 6.16 Å². The SMILES string of the molecule is C1=NCc2cncn2-c2ccccc21.O=C(O)O. The third-order valence-electron chi connectivity index (χ3n) is 2.40. The van der Waals surface area contributed by atoms with Crippen LogP contribution in [0.1, 0.15) is 11.3 Å². The molecule has 0 fully saturated rings. The van der Waals surface area contributed by atoms with E-state index < -0.39 is 6.16 Å². The Labute approximate surface area is 103 Å². The first-order chi connectivity index (χ1) is 8.68. The van der Waals surface area contributed by atoms with E-state index in [9.17, 15) is 0 Å². The van der Waals surface area contributed by atoms with Gasteiger partial charge in [-0.1, -0.05) is 18.2 Å². The van der Waals surface area contributed by atoms with E-state index in [0.717, 1.165) is 16.9 Å². The summed E-state index contributed by atoms with van der Waals surface area (Å²) in [7, 11) is 0. The molecule has 1 aliphatic heterocycles. The normalized spacial score (nSPS) is 11.6. The van der Waals surface area contributed by atoms with E-state index in [2.05, 4.69) is 26.7 Å². The van der Waals surface area contributed by atoms with Crippen molar-refractivity contribution in [3.63, 3.8) is 0 Å². The summed E-state index contributed by atoms with van der Waals surface area (Å²) in [4.78, 5) is 17.0. The first-order valence-electron chi connectivity index (χ1n) is 5.21. The molecule has 2 N–H and O–H groups in total. The van der Waals surface area contributed by atoms with E-state index in [1.165, 1.54) is 0 Å². The van der Waals surface area contributed by atoms with Gasteiger partial charge in [0.2, 0.25) is 0 Å². The third kappa shape index (κ3) is 2.54.